The molecule has 4 aliphatic heterocycles. The summed E-state index contributed by atoms with van der Waals surface area (Å²) in [5.41, 5.74) is 0. The van der Waals surface area contributed by atoms with Crippen LogP contribution < -0.4 is 0 Å². The first-order valence-electron chi connectivity index (χ1n) is 27.0. The molecule has 4 saturated heterocycles. The molecule has 16 N–H and O–H groups in total. The Hall–Kier alpha value is 0.657. The Morgan fingerprint density at radius 3 is 0.662 bits per heavy atom. The van der Waals surface area contributed by atoms with Gasteiger partial charge < -0.3 is 120 Å². The van der Waals surface area contributed by atoms with E-state index in [2.05, 4.69) is 0 Å². The highest BCUT2D eigenvalue weighted by Crippen LogP contribution is 2.35. The molecule has 4 aliphatic rings. The smallest absolute Gasteiger partial charge is 0.186 e. The largest absolute Gasteiger partial charge is 0.394 e. The highest BCUT2D eigenvalue weighted by atomic mass is 32.2. The van der Waals surface area contributed by atoms with Gasteiger partial charge in [0.2, 0.25) is 0 Å². The molecule has 4 fully saturated rings. The Bertz CT molecular complexity index is 1300. The first-order valence-corrected chi connectivity index (χ1v) is 34.5. The zero-order chi connectivity index (χ0) is 56.3. The van der Waals surface area contributed by atoms with Crippen LogP contribution in [0, 0.1) is 0 Å². The molecular weight excluding hydrogens is 1120 g/mol. The van der Waals surface area contributed by atoms with Crippen LogP contribution in [-0.2, 0) is 37.9 Å². The molecule has 0 aromatic rings. The summed E-state index contributed by atoms with van der Waals surface area (Å²) >= 11 is 7.25. The maximum atomic E-state index is 10.3. The van der Waals surface area contributed by atoms with Crippen LogP contribution >= 0.6 is 47.0 Å². The van der Waals surface area contributed by atoms with Gasteiger partial charge in [-0.3, -0.25) is 0 Å². The molecule has 20 atom stereocenters. The van der Waals surface area contributed by atoms with E-state index in [1.54, 1.807) is 0 Å². The van der Waals surface area contributed by atoms with Crippen molar-refractivity contribution in [1.82, 2.24) is 0 Å². The van der Waals surface area contributed by atoms with E-state index in [0.717, 1.165) is 95.9 Å². The minimum Gasteiger partial charge on any atom is -0.394 e. The number of hydrogen-bond donors (Lipinski definition) is 16. The second-order valence-corrected chi connectivity index (χ2v) is 29.9. The maximum Gasteiger partial charge on any atom is 0.186 e. The van der Waals surface area contributed by atoms with Crippen molar-refractivity contribution in [2.75, 3.05) is 98.9 Å². The molecule has 0 spiro atoms. The highest BCUT2D eigenvalue weighted by Gasteiger charge is 2.47. The third kappa shape index (κ3) is 22.9. The van der Waals surface area contributed by atoms with Gasteiger partial charge >= 0.3 is 0 Å². The van der Waals surface area contributed by atoms with Crippen LogP contribution in [0.15, 0.2) is 0 Å². The molecule has 24 nitrogen and oxygen atoms in total. The van der Waals surface area contributed by atoms with E-state index >= 15 is 0 Å². The summed E-state index contributed by atoms with van der Waals surface area (Å²) in [5.74, 6) is 6.89. The molecule has 0 bridgehead atoms. The van der Waals surface area contributed by atoms with Crippen molar-refractivity contribution in [1.29, 1.82) is 0 Å². The molecule has 0 radical (unpaired) electrons. The number of thioether (sulfide) groups is 4. The van der Waals surface area contributed by atoms with Crippen LogP contribution in [-0.4, -0.2) is 311 Å². The van der Waals surface area contributed by atoms with Crippen LogP contribution in [0.5, 0.6) is 0 Å². The SMILES string of the molecule is OC[C@H]1O[C@H](OCCCSCCC[Si](CCCSCCCO[C@H]2O[C@H](CO)[C@@H](O)[C@H](O)[C@@H]2O)(CCCSCCCO[C@H]2O[C@H](CO)[C@@H](O)[C@H](O)[C@@H]2O)CCCSCCCO[C@H]2O[C@H](CO)[C@@H](O)[C@H](O)[C@@H]2O)[C@@H](O)[C@@H](O)[C@@H]1O. The fraction of sp³-hybridized carbons (Fsp3) is 1.00. The Balaban J connectivity index is 1.29. The molecule has 77 heavy (non-hydrogen) atoms. The van der Waals surface area contributed by atoms with E-state index < -0.39 is 157 Å². The van der Waals surface area contributed by atoms with Gasteiger partial charge in [-0.2, -0.15) is 47.0 Å². The van der Waals surface area contributed by atoms with Crippen LogP contribution in [0.4, 0.5) is 0 Å². The van der Waals surface area contributed by atoms with Gasteiger partial charge in [-0.15, -0.1) is 0 Å². The first-order chi connectivity index (χ1) is 37.0. The second kappa shape index (κ2) is 38.6. The molecule has 0 aromatic carbocycles. The molecule has 4 heterocycles. The average Bonchev–Trinajstić information content (AvgIpc) is 3.43. The van der Waals surface area contributed by atoms with Gasteiger partial charge in [-0.05, 0) is 97.4 Å². The summed E-state index contributed by atoms with van der Waals surface area (Å²) in [5, 5.41) is 160. The zero-order valence-corrected chi connectivity index (χ0v) is 48.2. The zero-order valence-electron chi connectivity index (χ0n) is 43.9. The quantitative estimate of drug-likeness (QED) is 0.0212. The first kappa shape index (κ1) is 70.1. The van der Waals surface area contributed by atoms with Gasteiger partial charge in [0.25, 0.3) is 0 Å². The van der Waals surface area contributed by atoms with E-state index in [9.17, 15) is 81.7 Å². The highest BCUT2D eigenvalue weighted by molar-refractivity contribution is 7.99. The summed E-state index contributed by atoms with van der Waals surface area (Å²) in [6.07, 6.45) is -19.8. The molecule has 29 heteroatoms. The normalized spacial score (nSPS) is 36.2. The Kier molecular flexibility index (Phi) is 35.1. The van der Waals surface area contributed by atoms with E-state index in [4.69, 9.17) is 37.9 Å². The molecule has 0 aliphatic carbocycles. The van der Waals surface area contributed by atoms with Crippen molar-refractivity contribution in [2.45, 2.75) is 198 Å². The predicted molar refractivity (Wildman–Crippen MR) is 290 cm³/mol. The second-order valence-electron chi connectivity index (χ2n) is 20.1. The lowest BCUT2D eigenvalue weighted by molar-refractivity contribution is -0.300. The van der Waals surface area contributed by atoms with E-state index in [1.165, 1.54) is 0 Å². The number of ether oxygens (including phenoxy) is 8. The lowest BCUT2D eigenvalue weighted by Crippen LogP contribution is -2.59. The molecular formula is C48H92O24S4Si. The molecule has 0 saturated carbocycles. The number of rotatable bonds is 40. The monoisotopic (exact) mass is 1210 g/mol. The van der Waals surface area contributed by atoms with Crippen LogP contribution in [0.25, 0.3) is 0 Å². The summed E-state index contributed by atoms with van der Waals surface area (Å²) in [6, 6.07) is 4.53. The average molecular weight is 1210 g/mol. The van der Waals surface area contributed by atoms with Gasteiger partial charge in [0, 0.05) is 0 Å². The Morgan fingerprint density at radius 2 is 0.468 bits per heavy atom. The topological polar surface area (TPSA) is 398 Å². The Morgan fingerprint density at radius 1 is 0.273 bits per heavy atom. The summed E-state index contributed by atoms with van der Waals surface area (Å²) in [6.45, 7) is -1.13. The van der Waals surface area contributed by atoms with Crippen molar-refractivity contribution >= 4 is 55.1 Å². The fourth-order valence-corrected chi connectivity index (χ4v) is 19.3. The molecule has 0 aromatic heterocycles. The van der Waals surface area contributed by atoms with Crippen molar-refractivity contribution in [2.24, 2.45) is 0 Å². The van der Waals surface area contributed by atoms with Gasteiger partial charge in [0.1, 0.15) is 97.7 Å². The lowest BCUT2D eigenvalue weighted by atomic mass is 9.99. The molecule has 4 rings (SSSR count). The molecule has 0 unspecified atom stereocenters. The third-order valence-corrected chi connectivity index (χ3v) is 24.5. The molecule has 456 valence electrons. The molecule has 0 amide bonds. The lowest BCUT2D eigenvalue weighted by Gasteiger charge is -2.39. The minimum absolute atomic E-state index is 0.251. The van der Waals surface area contributed by atoms with Gasteiger partial charge in [-0.1, -0.05) is 24.2 Å². The number of hydrogen-bond acceptors (Lipinski definition) is 28. The summed E-state index contributed by atoms with van der Waals surface area (Å²) in [4.78, 5) is 0. The van der Waals surface area contributed by atoms with Crippen molar-refractivity contribution < 1.29 is 120 Å². The van der Waals surface area contributed by atoms with E-state index in [1.807, 2.05) is 47.0 Å². The summed E-state index contributed by atoms with van der Waals surface area (Å²) in [7, 11) is -1.90. The van der Waals surface area contributed by atoms with Crippen molar-refractivity contribution in [3.8, 4) is 0 Å². The minimum atomic E-state index is -1.90. The number of aliphatic hydroxyl groups excluding tert-OH is 16. The Labute approximate surface area is 469 Å². The van der Waals surface area contributed by atoms with Crippen LogP contribution in [0.2, 0.25) is 24.2 Å². The van der Waals surface area contributed by atoms with Gasteiger partial charge in [0.15, 0.2) is 25.2 Å². The van der Waals surface area contributed by atoms with Crippen molar-refractivity contribution in [3.05, 3.63) is 0 Å². The van der Waals surface area contributed by atoms with E-state index in [0.29, 0.717) is 25.7 Å². The predicted octanol–water partition coefficient (Wildman–Crippen LogP) is -3.25. The fourth-order valence-electron chi connectivity index (χ4n) is 9.62. The third-order valence-electron chi connectivity index (χ3n) is 14.2. The van der Waals surface area contributed by atoms with Gasteiger partial charge in [-0.25, -0.2) is 0 Å². The summed E-state index contributed by atoms with van der Waals surface area (Å²) < 4.78 is 44.6. The van der Waals surface area contributed by atoms with E-state index in [-0.39, 0.29) is 26.4 Å². The van der Waals surface area contributed by atoms with Crippen LogP contribution in [0.1, 0.15) is 51.4 Å². The van der Waals surface area contributed by atoms with Gasteiger partial charge in [0.05, 0.1) is 60.9 Å². The maximum absolute atomic E-state index is 10.3. The van der Waals surface area contributed by atoms with Crippen molar-refractivity contribution in [3.63, 3.8) is 0 Å². The van der Waals surface area contributed by atoms with Crippen LogP contribution in [0.3, 0.4) is 0 Å². The number of aliphatic hydroxyl groups is 16. The standard InChI is InChI=1S/C48H92O24S4Si/c49-25-29-33(53)37(57)41(61)45(69-29)65-9-1-13-73-17-5-21-77(22-6-18-74-14-2-10-66-46-42(62)38(58)34(54)30(26-50)70-46,23-7-19-75-15-3-11-67-47-43(63)39(59)35(55)31(27-51)71-47)24-8-20-76-16-4-12-68-48-44(64)40(60)36(56)32(28-52)72-48/h29-64H,1-28H2/t29-,30-,31-,32-,33-,34-,35-,36-,37+,38+,39+,40+,41+,42+,43+,44+,45+,46+,47+,48+/m1/s1.